The van der Waals surface area contributed by atoms with Gasteiger partial charge in [-0.3, -0.25) is 0 Å². The molecule has 1 aliphatic heterocycles. The van der Waals surface area contributed by atoms with Gasteiger partial charge in [0.2, 0.25) is 0 Å². The van der Waals surface area contributed by atoms with Gasteiger partial charge in [0.25, 0.3) is 0 Å². The fourth-order valence-corrected chi connectivity index (χ4v) is 1.58. The fourth-order valence-electron chi connectivity index (χ4n) is 1.58. The number of carboxylic acid groups (broad SMARTS) is 1. The van der Waals surface area contributed by atoms with Crippen LogP contribution < -0.4 is 5.73 Å². The predicted molar refractivity (Wildman–Crippen MR) is 41.4 cm³/mol. The molecule has 64 valence electrons. The van der Waals surface area contributed by atoms with E-state index in [2.05, 4.69) is 0 Å². The van der Waals surface area contributed by atoms with Crippen molar-refractivity contribution < 1.29 is 9.90 Å². The maximum absolute atomic E-state index is 10.6. The maximum atomic E-state index is 10.6. The van der Waals surface area contributed by atoms with E-state index in [-0.39, 0.29) is 12.1 Å². The number of amides is 1. The fraction of sp³-hybridized carbons (Fsp3) is 0.857. The molecule has 0 aromatic heterocycles. The summed E-state index contributed by atoms with van der Waals surface area (Å²) in [4.78, 5) is 12.0. The second kappa shape index (κ2) is 3.09. The number of nitrogens with two attached hydrogens (primary N) is 1. The Morgan fingerprint density at radius 2 is 2.45 bits per heavy atom. The molecule has 0 radical (unpaired) electrons. The number of hydrogen-bond donors (Lipinski definition) is 2. The monoisotopic (exact) mass is 158 g/mol. The van der Waals surface area contributed by atoms with Crippen LogP contribution in [0.25, 0.3) is 0 Å². The molecule has 1 aliphatic rings. The van der Waals surface area contributed by atoms with E-state index in [1.54, 1.807) is 0 Å². The predicted octanol–water partition coefficient (Wildman–Crippen LogP) is 0.476. The third kappa shape index (κ3) is 1.63. The number of rotatable bonds is 1. The van der Waals surface area contributed by atoms with E-state index in [4.69, 9.17) is 10.8 Å². The molecule has 1 rings (SSSR count). The summed E-state index contributed by atoms with van der Waals surface area (Å²) in [6, 6.07) is -0.0129. The van der Waals surface area contributed by atoms with Gasteiger partial charge in [-0.1, -0.05) is 0 Å². The number of nitrogens with zero attached hydrogens (tertiary/aromatic N) is 1. The molecule has 1 heterocycles. The Labute approximate surface area is 66.0 Å². The van der Waals surface area contributed by atoms with Gasteiger partial charge in [-0.2, -0.15) is 0 Å². The van der Waals surface area contributed by atoms with Crippen molar-refractivity contribution in [1.29, 1.82) is 0 Å². The summed E-state index contributed by atoms with van der Waals surface area (Å²) in [6.45, 7) is 2.49. The minimum atomic E-state index is -0.843. The molecule has 4 heteroatoms. The Hall–Kier alpha value is -0.770. The molecule has 11 heavy (non-hydrogen) atoms. The Morgan fingerprint density at radius 3 is 2.82 bits per heavy atom. The first kappa shape index (κ1) is 8.33. The molecule has 0 aromatic carbocycles. The zero-order chi connectivity index (χ0) is 8.43. The molecule has 0 aliphatic carbocycles. The Balaban J connectivity index is 2.58. The lowest BCUT2D eigenvalue weighted by Gasteiger charge is -2.24. The lowest BCUT2D eigenvalue weighted by molar-refractivity contribution is 0.135. The van der Waals surface area contributed by atoms with E-state index >= 15 is 0 Å². The number of carbonyl (C=O) groups is 1. The lowest BCUT2D eigenvalue weighted by atomic mass is 10.1. The van der Waals surface area contributed by atoms with Crippen LogP contribution >= 0.6 is 0 Å². The van der Waals surface area contributed by atoms with Crippen molar-refractivity contribution in [2.75, 3.05) is 6.54 Å². The van der Waals surface area contributed by atoms with Gasteiger partial charge in [-0.05, 0) is 19.8 Å². The molecular weight excluding hydrogens is 144 g/mol. The van der Waals surface area contributed by atoms with Gasteiger partial charge in [-0.25, -0.2) is 4.79 Å². The van der Waals surface area contributed by atoms with Crippen molar-refractivity contribution in [3.05, 3.63) is 0 Å². The van der Waals surface area contributed by atoms with Crippen LogP contribution in [0.3, 0.4) is 0 Å². The molecule has 3 N–H and O–H groups in total. The van der Waals surface area contributed by atoms with Crippen LogP contribution in [0.15, 0.2) is 0 Å². The first-order chi connectivity index (χ1) is 5.13. The Bertz CT molecular complexity index is 159. The van der Waals surface area contributed by atoms with Gasteiger partial charge >= 0.3 is 6.09 Å². The van der Waals surface area contributed by atoms with E-state index in [0.717, 1.165) is 12.8 Å². The lowest BCUT2D eigenvalue weighted by Crippen LogP contribution is -2.44. The largest absolute Gasteiger partial charge is 0.465 e. The SMILES string of the molecule is CC(N)[C@H]1CCCN1C(=O)O. The van der Waals surface area contributed by atoms with Gasteiger partial charge in [-0.15, -0.1) is 0 Å². The van der Waals surface area contributed by atoms with Crippen LogP contribution in [0.4, 0.5) is 4.79 Å². The van der Waals surface area contributed by atoms with Crippen LogP contribution in [-0.4, -0.2) is 34.7 Å². The molecular formula is C7H14N2O2. The van der Waals surface area contributed by atoms with E-state index in [1.807, 2.05) is 6.92 Å². The number of hydrogen-bond acceptors (Lipinski definition) is 2. The van der Waals surface area contributed by atoms with Crippen LogP contribution in [0.1, 0.15) is 19.8 Å². The maximum Gasteiger partial charge on any atom is 0.407 e. The van der Waals surface area contributed by atoms with Crippen LogP contribution in [0.5, 0.6) is 0 Å². The zero-order valence-electron chi connectivity index (χ0n) is 6.66. The van der Waals surface area contributed by atoms with Gasteiger partial charge in [0.05, 0.1) is 0 Å². The van der Waals surface area contributed by atoms with Crippen LogP contribution in [0.2, 0.25) is 0 Å². The molecule has 0 saturated carbocycles. The summed E-state index contributed by atoms with van der Waals surface area (Å²) in [5.74, 6) is 0. The van der Waals surface area contributed by atoms with E-state index in [0.29, 0.717) is 6.54 Å². The molecule has 1 unspecified atom stereocenters. The third-order valence-electron chi connectivity index (χ3n) is 2.15. The topological polar surface area (TPSA) is 66.6 Å². The molecule has 0 bridgehead atoms. The highest BCUT2D eigenvalue weighted by Crippen LogP contribution is 2.18. The van der Waals surface area contributed by atoms with Crippen LogP contribution in [-0.2, 0) is 0 Å². The van der Waals surface area contributed by atoms with Crippen molar-refractivity contribution in [2.45, 2.75) is 31.8 Å². The van der Waals surface area contributed by atoms with E-state index < -0.39 is 6.09 Å². The van der Waals surface area contributed by atoms with Crippen molar-refractivity contribution >= 4 is 6.09 Å². The van der Waals surface area contributed by atoms with Gasteiger partial charge in [0.1, 0.15) is 0 Å². The standard InChI is InChI=1S/C7H14N2O2/c1-5(8)6-3-2-4-9(6)7(10)11/h5-6H,2-4,8H2,1H3,(H,10,11)/t5?,6-/m1/s1. The second-order valence-electron chi connectivity index (χ2n) is 3.04. The highest BCUT2D eigenvalue weighted by molar-refractivity contribution is 5.65. The van der Waals surface area contributed by atoms with Crippen molar-refractivity contribution in [2.24, 2.45) is 5.73 Å². The summed E-state index contributed by atoms with van der Waals surface area (Å²) in [5.41, 5.74) is 5.62. The highest BCUT2D eigenvalue weighted by Gasteiger charge is 2.30. The third-order valence-corrected chi connectivity index (χ3v) is 2.15. The minimum Gasteiger partial charge on any atom is -0.465 e. The minimum absolute atomic E-state index is 0.0347. The quantitative estimate of drug-likeness (QED) is 0.583. The van der Waals surface area contributed by atoms with Gasteiger partial charge in [0.15, 0.2) is 0 Å². The average Bonchev–Trinajstić information content (AvgIpc) is 2.32. The average molecular weight is 158 g/mol. The normalized spacial score (nSPS) is 27.1. The Morgan fingerprint density at radius 1 is 1.82 bits per heavy atom. The highest BCUT2D eigenvalue weighted by atomic mass is 16.4. The summed E-state index contributed by atoms with van der Waals surface area (Å²) >= 11 is 0. The van der Waals surface area contributed by atoms with E-state index in [9.17, 15) is 4.79 Å². The second-order valence-corrected chi connectivity index (χ2v) is 3.04. The Kier molecular flexibility index (Phi) is 2.34. The smallest absolute Gasteiger partial charge is 0.407 e. The number of likely N-dealkylation sites (tertiary alicyclic amines) is 1. The van der Waals surface area contributed by atoms with Gasteiger partial charge in [0, 0.05) is 18.6 Å². The van der Waals surface area contributed by atoms with Crippen molar-refractivity contribution in [1.82, 2.24) is 4.90 Å². The molecule has 0 aromatic rings. The van der Waals surface area contributed by atoms with Crippen LogP contribution in [0, 0.1) is 0 Å². The van der Waals surface area contributed by atoms with Crippen molar-refractivity contribution in [3.63, 3.8) is 0 Å². The molecule has 4 nitrogen and oxygen atoms in total. The first-order valence-corrected chi connectivity index (χ1v) is 3.88. The van der Waals surface area contributed by atoms with Crippen molar-refractivity contribution in [3.8, 4) is 0 Å². The molecule has 2 atom stereocenters. The van der Waals surface area contributed by atoms with E-state index in [1.165, 1.54) is 4.90 Å². The summed E-state index contributed by atoms with van der Waals surface area (Å²) in [7, 11) is 0. The summed E-state index contributed by atoms with van der Waals surface area (Å²) in [6.07, 6.45) is 1.01. The molecule has 1 fully saturated rings. The first-order valence-electron chi connectivity index (χ1n) is 3.88. The molecule has 0 spiro atoms. The summed E-state index contributed by atoms with van der Waals surface area (Å²) < 4.78 is 0. The molecule has 1 amide bonds. The summed E-state index contributed by atoms with van der Waals surface area (Å²) in [5, 5.41) is 8.70. The van der Waals surface area contributed by atoms with Gasteiger partial charge < -0.3 is 15.7 Å². The molecule has 1 saturated heterocycles. The zero-order valence-corrected chi connectivity index (χ0v) is 6.66.